The molecule has 0 aliphatic rings. The number of phenolic OH excluding ortho intramolecular Hbond substituents is 1. The van der Waals surface area contributed by atoms with Crippen LogP contribution in [0.15, 0.2) is 18.2 Å². The second kappa shape index (κ2) is 4.31. The van der Waals surface area contributed by atoms with Gasteiger partial charge in [0.25, 0.3) is 0 Å². The van der Waals surface area contributed by atoms with Gasteiger partial charge in [0.2, 0.25) is 0 Å². The van der Waals surface area contributed by atoms with Gasteiger partial charge in [-0.25, -0.2) is 0 Å². The standard InChI is InChI=1S/C12H18O/c1-4-9(3)11-7-6-10(5-2)8-12(11)13/h6-9,13H,4-5H2,1-3H3. The molecule has 0 saturated carbocycles. The smallest absolute Gasteiger partial charge is 0.119 e. The molecule has 0 bridgehead atoms. The fourth-order valence-electron chi connectivity index (χ4n) is 1.45. The van der Waals surface area contributed by atoms with Crippen molar-refractivity contribution in [3.63, 3.8) is 0 Å². The summed E-state index contributed by atoms with van der Waals surface area (Å²) in [5, 5.41) is 9.72. The van der Waals surface area contributed by atoms with Gasteiger partial charge in [0.15, 0.2) is 0 Å². The second-order valence-corrected chi connectivity index (χ2v) is 3.56. The van der Waals surface area contributed by atoms with Gasteiger partial charge in [-0.2, -0.15) is 0 Å². The summed E-state index contributed by atoms with van der Waals surface area (Å²) in [6.07, 6.45) is 2.05. The van der Waals surface area contributed by atoms with Crippen LogP contribution in [0.4, 0.5) is 0 Å². The van der Waals surface area contributed by atoms with Crippen LogP contribution < -0.4 is 0 Å². The summed E-state index contributed by atoms with van der Waals surface area (Å²) in [5.74, 6) is 0.902. The van der Waals surface area contributed by atoms with Gasteiger partial charge >= 0.3 is 0 Å². The van der Waals surface area contributed by atoms with Crippen molar-refractivity contribution in [1.82, 2.24) is 0 Å². The van der Waals surface area contributed by atoms with E-state index in [-0.39, 0.29) is 0 Å². The predicted molar refractivity (Wildman–Crippen MR) is 56.2 cm³/mol. The average molecular weight is 178 g/mol. The summed E-state index contributed by atoms with van der Waals surface area (Å²) in [6, 6.07) is 6.02. The molecule has 1 heteroatoms. The van der Waals surface area contributed by atoms with Crippen LogP contribution in [0.5, 0.6) is 5.75 Å². The molecule has 0 radical (unpaired) electrons. The van der Waals surface area contributed by atoms with Crippen molar-refractivity contribution in [2.45, 2.75) is 39.5 Å². The fraction of sp³-hybridized carbons (Fsp3) is 0.500. The zero-order valence-electron chi connectivity index (χ0n) is 8.67. The van der Waals surface area contributed by atoms with Crippen LogP contribution >= 0.6 is 0 Å². The lowest BCUT2D eigenvalue weighted by Crippen LogP contribution is -1.92. The summed E-state index contributed by atoms with van der Waals surface area (Å²) in [6.45, 7) is 6.37. The Morgan fingerprint density at radius 2 is 2.00 bits per heavy atom. The molecule has 1 nitrogen and oxygen atoms in total. The Balaban J connectivity index is 2.98. The molecule has 1 aromatic rings. The molecule has 0 spiro atoms. The normalized spacial score (nSPS) is 12.8. The van der Waals surface area contributed by atoms with Crippen molar-refractivity contribution < 1.29 is 5.11 Å². The van der Waals surface area contributed by atoms with Gasteiger partial charge in [-0.3, -0.25) is 0 Å². The molecular formula is C12H18O. The number of aryl methyl sites for hydroxylation is 1. The highest BCUT2D eigenvalue weighted by Crippen LogP contribution is 2.28. The number of aromatic hydroxyl groups is 1. The van der Waals surface area contributed by atoms with Gasteiger partial charge in [-0.1, -0.05) is 32.9 Å². The van der Waals surface area contributed by atoms with E-state index in [2.05, 4.69) is 26.8 Å². The lowest BCUT2D eigenvalue weighted by Gasteiger charge is -2.11. The van der Waals surface area contributed by atoms with Crippen LogP contribution in [0.2, 0.25) is 0 Å². The Bertz CT molecular complexity index is 278. The van der Waals surface area contributed by atoms with Crippen molar-refractivity contribution in [2.24, 2.45) is 0 Å². The monoisotopic (exact) mass is 178 g/mol. The average Bonchev–Trinajstić information content (AvgIpc) is 2.16. The molecule has 13 heavy (non-hydrogen) atoms. The molecule has 0 amide bonds. The highest BCUT2D eigenvalue weighted by atomic mass is 16.3. The van der Waals surface area contributed by atoms with Gasteiger partial charge in [0, 0.05) is 0 Å². The molecule has 0 heterocycles. The van der Waals surface area contributed by atoms with E-state index in [1.54, 1.807) is 0 Å². The zero-order chi connectivity index (χ0) is 9.84. The number of rotatable bonds is 3. The Labute approximate surface area is 80.4 Å². The molecule has 1 atom stereocenters. The minimum absolute atomic E-state index is 0.450. The Morgan fingerprint density at radius 3 is 2.46 bits per heavy atom. The molecular weight excluding hydrogens is 160 g/mol. The van der Waals surface area contributed by atoms with Crippen molar-refractivity contribution >= 4 is 0 Å². The number of hydrogen-bond donors (Lipinski definition) is 1. The van der Waals surface area contributed by atoms with E-state index < -0.39 is 0 Å². The number of benzene rings is 1. The lowest BCUT2D eigenvalue weighted by atomic mass is 9.96. The molecule has 1 unspecified atom stereocenters. The van der Waals surface area contributed by atoms with Crippen molar-refractivity contribution in [2.75, 3.05) is 0 Å². The highest BCUT2D eigenvalue weighted by molar-refractivity contribution is 5.38. The largest absolute Gasteiger partial charge is 0.508 e. The molecule has 0 aliphatic heterocycles. The molecule has 0 aliphatic carbocycles. The van der Waals surface area contributed by atoms with Crippen LogP contribution in [0, 0.1) is 0 Å². The first-order valence-corrected chi connectivity index (χ1v) is 5.00. The van der Waals surface area contributed by atoms with Crippen LogP contribution in [0.3, 0.4) is 0 Å². The third-order valence-electron chi connectivity index (χ3n) is 2.65. The van der Waals surface area contributed by atoms with Crippen molar-refractivity contribution in [3.8, 4) is 5.75 Å². The molecule has 0 fully saturated rings. The number of hydrogen-bond acceptors (Lipinski definition) is 1. The molecule has 1 aromatic carbocycles. The predicted octanol–water partition coefficient (Wildman–Crippen LogP) is 3.47. The van der Waals surface area contributed by atoms with E-state index >= 15 is 0 Å². The zero-order valence-corrected chi connectivity index (χ0v) is 8.67. The molecule has 72 valence electrons. The van der Waals surface area contributed by atoms with Crippen molar-refractivity contribution in [1.29, 1.82) is 0 Å². The van der Waals surface area contributed by atoms with Gasteiger partial charge in [-0.05, 0) is 36.0 Å². The molecule has 0 aromatic heterocycles. The van der Waals surface area contributed by atoms with E-state index in [1.807, 2.05) is 12.1 Å². The van der Waals surface area contributed by atoms with E-state index in [0.717, 1.165) is 18.4 Å². The van der Waals surface area contributed by atoms with Crippen molar-refractivity contribution in [3.05, 3.63) is 29.3 Å². The van der Waals surface area contributed by atoms with Crippen LogP contribution in [-0.4, -0.2) is 5.11 Å². The molecule has 1 N–H and O–H groups in total. The maximum atomic E-state index is 9.72. The van der Waals surface area contributed by atoms with E-state index in [4.69, 9.17) is 0 Å². The minimum Gasteiger partial charge on any atom is -0.508 e. The minimum atomic E-state index is 0.450. The third-order valence-corrected chi connectivity index (χ3v) is 2.65. The first kappa shape index (κ1) is 10.1. The maximum Gasteiger partial charge on any atom is 0.119 e. The first-order chi connectivity index (χ1) is 6.19. The summed E-state index contributed by atoms with van der Waals surface area (Å²) in [4.78, 5) is 0. The molecule has 1 rings (SSSR count). The topological polar surface area (TPSA) is 20.2 Å². The summed E-state index contributed by atoms with van der Waals surface area (Å²) < 4.78 is 0. The van der Waals surface area contributed by atoms with Gasteiger partial charge in [0.1, 0.15) is 5.75 Å². The van der Waals surface area contributed by atoms with Gasteiger partial charge in [0.05, 0.1) is 0 Å². The quantitative estimate of drug-likeness (QED) is 0.751. The second-order valence-electron chi connectivity index (χ2n) is 3.56. The SMILES string of the molecule is CCc1ccc(C(C)CC)c(O)c1. The lowest BCUT2D eigenvalue weighted by molar-refractivity contribution is 0.461. The summed E-state index contributed by atoms with van der Waals surface area (Å²) >= 11 is 0. The van der Waals surface area contributed by atoms with Gasteiger partial charge in [-0.15, -0.1) is 0 Å². The van der Waals surface area contributed by atoms with Crippen LogP contribution in [-0.2, 0) is 6.42 Å². The van der Waals surface area contributed by atoms with E-state index in [1.165, 1.54) is 5.56 Å². The Kier molecular flexibility index (Phi) is 3.35. The Morgan fingerprint density at radius 1 is 1.31 bits per heavy atom. The molecule has 0 saturated heterocycles. The Hall–Kier alpha value is -0.980. The highest BCUT2D eigenvalue weighted by Gasteiger charge is 2.07. The third kappa shape index (κ3) is 2.24. The number of phenols is 1. The van der Waals surface area contributed by atoms with E-state index in [0.29, 0.717) is 11.7 Å². The van der Waals surface area contributed by atoms with Crippen LogP contribution in [0.1, 0.15) is 44.2 Å². The van der Waals surface area contributed by atoms with Gasteiger partial charge < -0.3 is 5.11 Å². The van der Waals surface area contributed by atoms with E-state index in [9.17, 15) is 5.11 Å². The summed E-state index contributed by atoms with van der Waals surface area (Å²) in [7, 11) is 0. The fourth-order valence-corrected chi connectivity index (χ4v) is 1.45. The first-order valence-electron chi connectivity index (χ1n) is 5.00. The van der Waals surface area contributed by atoms with Crippen LogP contribution in [0.25, 0.3) is 0 Å². The summed E-state index contributed by atoms with van der Waals surface area (Å²) in [5.41, 5.74) is 2.27. The maximum absolute atomic E-state index is 9.72.